The highest BCUT2D eigenvalue weighted by Gasteiger charge is 2.20. The molecule has 1 fully saturated rings. The monoisotopic (exact) mass is 432 g/mol. The number of hydrogen-bond acceptors (Lipinski definition) is 7. The molecule has 0 radical (unpaired) electrons. The molecule has 0 atom stereocenters. The van der Waals surface area contributed by atoms with Gasteiger partial charge in [-0.3, -0.25) is 18.6 Å². The van der Waals surface area contributed by atoms with E-state index in [1.165, 1.54) is 0 Å². The number of methoxy groups -OCH3 is 1. The fraction of sp³-hybridized carbons (Fsp3) is 0.304. The average Bonchev–Trinajstić information content (AvgIpc) is 2.83. The fourth-order valence-electron chi connectivity index (χ4n) is 4.09. The molecular weight excluding hydrogens is 408 g/mol. The summed E-state index contributed by atoms with van der Waals surface area (Å²) in [5, 5.41) is 0.604. The summed E-state index contributed by atoms with van der Waals surface area (Å²) in [6.07, 6.45) is 3.31. The Labute approximate surface area is 184 Å². The van der Waals surface area contributed by atoms with Crippen LogP contribution < -0.4 is 20.9 Å². The molecule has 4 heterocycles. The highest BCUT2D eigenvalue weighted by atomic mass is 16.5. The fourth-order valence-corrected chi connectivity index (χ4v) is 4.09. The van der Waals surface area contributed by atoms with Crippen LogP contribution in [0, 0.1) is 0 Å². The number of aromatic nitrogens is 4. The first-order valence-corrected chi connectivity index (χ1v) is 10.6. The number of anilines is 2. The Bertz CT molecular complexity index is 1390. The summed E-state index contributed by atoms with van der Waals surface area (Å²) in [5.41, 5.74) is 2.23. The van der Waals surface area contributed by atoms with Crippen LogP contribution in [0.3, 0.4) is 0 Å². The van der Waals surface area contributed by atoms with E-state index in [2.05, 4.69) is 19.8 Å². The topological polar surface area (TPSA) is 85.0 Å². The van der Waals surface area contributed by atoms with Crippen LogP contribution in [0.1, 0.15) is 0 Å². The summed E-state index contributed by atoms with van der Waals surface area (Å²) >= 11 is 0. The summed E-state index contributed by atoms with van der Waals surface area (Å²) in [6.45, 7) is 4.01. The smallest absolute Gasteiger partial charge is 0.261 e. The summed E-state index contributed by atoms with van der Waals surface area (Å²) in [6, 6.07) is 12.9. The van der Waals surface area contributed by atoms with Gasteiger partial charge >= 0.3 is 0 Å². The normalized spacial score (nSPS) is 14.4. The standard InChI is InChI=1S/C23H24N6O3/c1-32-13-12-28-16-24-19-14-17(5-6-18(19)23(28)31)26-8-10-27(11-9-26)21-15-22(30)29-7-3-2-4-20(29)25-21/h2-7,14-16H,8-13H2,1H3. The molecule has 0 spiro atoms. The highest BCUT2D eigenvalue weighted by molar-refractivity contribution is 5.81. The van der Waals surface area contributed by atoms with Crippen molar-refractivity contribution in [3.05, 3.63) is 75.7 Å². The molecule has 0 aliphatic carbocycles. The van der Waals surface area contributed by atoms with Crippen molar-refractivity contribution in [2.75, 3.05) is 49.7 Å². The zero-order chi connectivity index (χ0) is 22.1. The lowest BCUT2D eigenvalue weighted by atomic mass is 10.2. The van der Waals surface area contributed by atoms with Crippen LogP contribution in [-0.4, -0.2) is 58.8 Å². The lowest BCUT2D eigenvalue weighted by Gasteiger charge is -2.36. The van der Waals surface area contributed by atoms with Gasteiger partial charge in [-0.1, -0.05) is 6.07 Å². The minimum atomic E-state index is -0.0789. The van der Waals surface area contributed by atoms with E-state index in [-0.39, 0.29) is 11.1 Å². The predicted molar refractivity (Wildman–Crippen MR) is 124 cm³/mol. The van der Waals surface area contributed by atoms with Gasteiger partial charge in [0.25, 0.3) is 11.1 Å². The maximum absolute atomic E-state index is 12.7. The first kappa shape index (κ1) is 20.2. The summed E-state index contributed by atoms with van der Waals surface area (Å²) < 4.78 is 8.18. The SMILES string of the molecule is COCCn1cnc2cc(N3CCN(c4cc(=O)n5ccccc5n4)CC3)ccc2c1=O. The molecule has 9 heteroatoms. The predicted octanol–water partition coefficient (Wildman–Crippen LogP) is 1.38. The first-order valence-electron chi connectivity index (χ1n) is 10.6. The molecule has 32 heavy (non-hydrogen) atoms. The Balaban J connectivity index is 1.34. The van der Waals surface area contributed by atoms with Gasteiger partial charge in [0.05, 0.1) is 30.4 Å². The second kappa shape index (κ2) is 8.43. The molecule has 9 nitrogen and oxygen atoms in total. The molecule has 0 N–H and O–H groups in total. The van der Waals surface area contributed by atoms with E-state index in [9.17, 15) is 9.59 Å². The number of nitrogens with zero attached hydrogens (tertiary/aromatic N) is 6. The molecule has 0 bridgehead atoms. The van der Waals surface area contributed by atoms with E-state index in [0.717, 1.165) is 31.9 Å². The molecule has 4 aromatic rings. The average molecular weight is 432 g/mol. The Morgan fingerprint density at radius 1 is 1.00 bits per heavy atom. The van der Waals surface area contributed by atoms with Crippen LogP contribution in [0.5, 0.6) is 0 Å². The van der Waals surface area contributed by atoms with Crippen LogP contribution in [0.2, 0.25) is 0 Å². The van der Waals surface area contributed by atoms with Crippen molar-refractivity contribution in [3.63, 3.8) is 0 Å². The van der Waals surface area contributed by atoms with Crippen molar-refractivity contribution in [2.24, 2.45) is 0 Å². The lowest BCUT2D eigenvalue weighted by molar-refractivity contribution is 0.186. The third kappa shape index (κ3) is 3.71. The van der Waals surface area contributed by atoms with Gasteiger partial charge in [0.1, 0.15) is 11.5 Å². The Morgan fingerprint density at radius 3 is 2.62 bits per heavy atom. The van der Waals surface area contributed by atoms with Crippen LogP contribution in [0.15, 0.2) is 64.6 Å². The van der Waals surface area contributed by atoms with Crippen LogP contribution in [0.25, 0.3) is 16.6 Å². The van der Waals surface area contributed by atoms with Gasteiger partial charge in [-0.15, -0.1) is 0 Å². The van der Waals surface area contributed by atoms with Crippen molar-refractivity contribution in [3.8, 4) is 0 Å². The van der Waals surface area contributed by atoms with Crippen molar-refractivity contribution >= 4 is 28.1 Å². The molecule has 1 aliphatic rings. The Hall–Kier alpha value is -3.72. The number of benzene rings is 1. The molecule has 3 aromatic heterocycles. The van der Waals surface area contributed by atoms with Crippen LogP contribution >= 0.6 is 0 Å². The molecule has 0 unspecified atom stereocenters. The molecular formula is C23H24N6O3. The molecule has 1 saturated heterocycles. The zero-order valence-corrected chi connectivity index (χ0v) is 17.8. The largest absolute Gasteiger partial charge is 0.383 e. The maximum atomic E-state index is 12.7. The molecule has 5 rings (SSSR count). The number of piperazine rings is 1. The van der Waals surface area contributed by atoms with Gasteiger partial charge in [0.15, 0.2) is 0 Å². The zero-order valence-electron chi connectivity index (χ0n) is 17.8. The second-order valence-corrected chi connectivity index (χ2v) is 7.79. The van der Waals surface area contributed by atoms with E-state index in [1.807, 2.05) is 36.4 Å². The summed E-state index contributed by atoms with van der Waals surface area (Å²) in [4.78, 5) is 38.6. The van der Waals surface area contributed by atoms with Gasteiger partial charge < -0.3 is 14.5 Å². The minimum absolute atomic E-state index is 0.0583. The van der Waals surface area contributed by atoms with Crippen molar-refractivity contribution in [2.45, 2.75) is 6.54 Å². The van der Waals surface area contributed by atoms with Crippen LogP contribution in [0.4, 0.5) is 11.5 Å². The Kier molecular flexibility index (Phi) is 5.32. The molecule has 0 saturated carbocycles. The summed E-state index contributed by atoms with van der Waals surface area (Å²) in [7, 11) is 1.61. The maximum Gasteiger partial charge on any atom is 0.261 e. The second-order valence-electron chi connectivity index (χ2n) is 7.79. The Morgan fingerprint density at radius 2 is 1.81 bits per heavy atom. The first-order chi connectivity index (χ1) is 15.6. The van der Waals surface area contributed by atoms with Gasteiger partial charge in [0, 0.05) is 51.2 Å². The van der Waals surface area contributed by atoms with E-state index in [1.54, 1.807) is 34.7 Å². The van der Waals surface area contributed by atoms with Crippen molar-refractivity contribution < 1.29 is 4.74 Å². The third-order valence-corrected chi connectivity index (χ3v) is 5.87. The van der Waals surface area contributed by atoms with Gasteiger partial charge in [-0.05, 0) is 30.3 Å². The summed E-state index contributed by atoms with van der Waals surface area (Å²) in [5.74, 6) is 0.706. The van der Waals surface area contributed by atoms with E-state index in [0.29, 0.717) is 35.5 Å². The number of fused-ring (bicyclic) bond motifs is 2. The number of pyridine rings is 1. The number of rotatable bonds is 5. The third-order valence-electron chi connectivity index (χ3n) is 5.87. The van der Waals surface area contributed by atoms with Gasteiger partial charge in [-0.25, -0.2) is 9.97 Å². The van der Waals surface area contributed by atoms with Gasteiger partial charge in [-0.2, -0.15) is 0 Å². The lowest BCUT2D eigenvalue weighted by Crippen LogP contribution is -2.47. The molecule has 1 aromatic carbocycles. The van der Waals surface area contributed by atoms with Gasteiger partial charge in [0.2, 0.25) is 0 Å². The van der Waals surface area contributed by atoms with E-state index >= 15 is 0 Å². The van der Waals surface area contributed by atoms with Crippen molar-refractivity contribution in [1.82, 2.24) is 18.9 Å². The number of hydrogen-bond donors (Lipinski definition) is 0. The minimum Gasteiger partial charge on any atom is -0.383 e. The molecule has 1 aliphatic heterocycles. The molecule has 164 valence electrons. The quantitative estimate of drug-likeness (QED) is 0.471. The molecule has 0 amide bonds. The highest BCUT2D eigenvalue weighted by Crippen LogP contribution is 2.22. The van der Waals surface area contributed by atoms with E-state index < -0.39 is 0 Å². The number of ether oxygens (including phenoxy) is 1. The van der Waals surface area contributed by atoms with Crippen molar-refractivity contribution in [1.29, 1.82) is 0 Å². The van der Waals surface area contributed by atoms with E-state index in [4.69, 9.17) is 4.74 Å². The van der Waals surface area contributed by atoms with Crippen LogP contribution in [-0.2, 0) is 11.3 Å².